The minimum absolute atomic E-state index is 0.162. The molecule has 0 aliphatic carbocycles. The minimum atomic E-state index is -0.162. The Balaban J connectivity index is 1.04. The zero-order valence-electron chi connectivity index (χ0n) is 23.6. The van der Waals surface area contributed by atoms with Crippen molar-refractivity contribution in [1.82, 2.24) is 0 Å². The van der Waals surface area contributed by atoms with Crippen LogP contribution < -0.4 is 20.7 Å². The summed E-state index contributed by atoms with van der Waals surface area (Å²) in [5.41, 5.74) is 5.59. The molecule has 0 fully saturated rings. The van der Waals surface area contributed by atoms with Gasteiger partial charge in [-0.1, -0.05) is 48.2 Å². The van der Waals surface area contributed by atoms with Crippen LogP contribution in [0.15, 0.2) is 153 Å². The molecular formula is C34H28N6O2S. The number of carbonyl (C=O) groups is 2. The van der Waals surface area contributed by atoms with Gasteiger partial charge in [0, 0.05) is 33.6 Å². The molecule has 4 aromatic rings. The maximum Gasteiger partial charge on any atom is 0.282 e. The molecule has 6 rings (SSSR count). The number of benzene rings is 4. The largest absolute Gasteiger partial charge is 0.361 e. The van der Waals surface area contributed by atoms with Crippen LogP contribution in [0.2, 0.25) is 0 Å². The van der Waals surface area contributed by atoms with Gasteiger partial charge in [0.05, 0.1) is 33.9 Å². The second kappa shape index (κ2) is 12.2. The van der Waals surface area contributed by atoms with Crippen molar-refractivity contribution in [2.45, 2.75) is 23.6 Å². The highest BCUT2D eigenvalue weighted by Crippen LogP contribution is 2.30. The van der Waals surface area contributed by atoms with Crippen LogP contribution in [0.3, 0.4) is 0 Å². The van der Waals surface area contributed by atoms with Crippen molar-refractivity contribution >= 4 is 57.7 Å². The molecule has 2 N–H and O–H groups in total. The van der Waals surface area contributed by atoms with Crippen LogP contribution in [0.25, 0.3) is 0 Å². The summed E-state index contributed by atoms with van der Waals surface area (Å²) in [6.45, 7) is 3.66. The van der Waals surface area contributed by atoms with E-state index in [1.807, 2.05) is 123 Å². The number of hydrogen-bond donors (Lipinski definition) is 2. The van der Waals surface area contributed by atoms with E-state index in [1.54, 1.807) is 24.2 Å². The van der Waals surface area contributed by atoms with Gasteiger partial charge >= 0.3 is 0 Å². The summed E-state index contributed by atoms with van der Waals surface area (Å²) in [6, 6.07) is 34.8. The fourth-order valence-electron chi connectivity index (χ4n) is 4.54. The molecule has 0 atom stereocenters. The Hall–Kier alpha value is -5.41. The van der Waals surface area contributed by atoms with Gasteiger partial charge in [0.2, 0.25) is 0 Å². The third-order valence-corrected chi connectivity index (χ3v) is 7.85. The summed E-state index contributed by atoms with van der Waals surface area (Å²) in [7, 11) is 0. The Bertz CT molecular complexity index is 1650. The number of amides is 2. The van der Waals surface area contributed by atoms with E-state index >= 15 is 0 Å². The Kier molecular flexibility index (Phi) is 7.88. The topological polar surface area (TPSA) is 89.4 Å². The number of nitrogens with zero attached hydrogens (tertiary/aromatic N) is 4. The average molecular weight is 585 g/mol. The van der Waals surface area contributed by atoms with Crippen LogP contribution in [-0.2, 0) is 9.59 Å². The first-order chi connectivity index (χ1) is 21.0. The number of para-hydroxylation sites is 2. The van der Waals surface area contributed by atoms with E-state index in [0.717, 1.165) is 32.5 Å². The van der Waals surface area contributed by atoms with Crippen LogP contribution in [0.4, 0.5) is 22.7 Å². The molecule has 8 nitrogen and oxygen atoms in total. The third-order valence-electron chi connectivity index (χ3n) is 6.84. The van der Waals surface area contributed by atoms with Crippen LogP contribution >= 0.6 is 11.8 Å². The standard InChI is InChI=1S/C34H28N6O2S/c1-23-31(33(41)39(37-23)27-9-5-3-6-10-27)21-35-25-13-17-29(18-14-25)43-30-19-15-26(16-20-30)36-22-32-24(2)38-40(34(32)42)28-11-7-4-8-12-28/h3-22,35-36H,1-2H3/b31-21-,32-22-. The maximum absolute atomic E-state index is 12.9. The molecule has 0 saturated carbocycles. The molecule has 2 aliphatic heterocycles. The lowest BCUT2D eigenvalue weighted by atomic mass is 10.2. The number of rotatable bonds is 8. The summed E-state index contributed by atoms with van der Waals surface area (Å²) in [5.74, 6) is -0.324. The lowest BCUT2D eigenvalue weighted by molar-refractivity contribution is -0.115. The molecule has 9 heteroatoms. The van der Waals surface area contributed by atoms with Crippen molar-refractivity contribution in [3.05, 3.63) is 133 Å². The van der Waals surface area contributed by atoms with Crippen molar-refractivity contribution in [1.29, 1.82) is 0 Å². The number of hydrogen-bond acceptors (Lipinski definition) is 7. The maximum atomic E-state index is 12.9. The fourth-order valence-corrected chi connectivity index (χ4v) is 5.36. The van der Waals surface area contributed by atoms with Crippen molar-refractivity contribution in [2.24, 2.45) is 10.2 Å². The summed E-state index contributed by atoms with van der Waals surface area (Å²) in [5, 5.41) is 18.1. The quantitative estimate of drug-likeness (QED) is 0.213. The fraction of sp³-hybridized carbons (Fsp3) is 0.0588. The lowest BCUT2D eigenvalue weighted by Crippen LogP contribution is -2.21. The first-order valence-electron chi connectivity index (χ1n) is 13.7. The number of carbonyl (C=O) groups excluding carboxylic acids is 2. The molecule has 0 spiro atoms. The number of anilines is 4. The first kappa shape index (κ1) is 27.7. The van der Waals surface area contributed by atoms with Gasteiger partial charge in [-0.3, -0.25) is 9.59 Å². The normalized spacial score (nSPS) is 16.6. The monoisotopic (exact) mass is 584 g/mol. The summed E-state index contributed by atoms with van der Waals surface area (Å²) in [6.07, 6.45) is 3.41. The van der Waals surface area contributed by atoms with E-state index in [9.17, 15) is 9.59 Å². The highest BCUT2D eigenvalue weighted by molar-refractivity contribution is 7.99. The molecule has 4 aromatic carbocycles. The minimum Gasteiger partial charge on any atom is -0.361 e. The highest BCUT2D eigenvalue weighted by atomic mass is 32.2. The van der Waals surface area contributed by atoms with Crippen molar-refractivity contribution < 1.29 is 9.59 Å². The average Bonchev–Trinajstić information content (AvgIpc) is 3.49. The Morgan fingerprint density at radius 1 is 0.558 bits per heavy atom. The molecule has 0 aromatic heterocycles. The molecule has 212 valence electrons. The SMILES string of the molecule is CC1=NN(c2ccccc2)C(=O)/C1=C\Nc1ccc(Sc2ccc(N/C=C3\C(=O)N(c4ccccc4)N=C3C)cc2)cc1. The molecule has 2 amide bonds. The molecule has 0 saturated heterocycles. The van der Waals surface area contributed by atoms with Crippen LogP contribution in [0.1, 0.15) is 13.8 Å². The second-order valence-electron chi connectivity index (χ2n) is 9.83. The first-order valence-corrected chi connectivity index (χ1v) is 14.5. The molecule has 0 unspecified atom stereocenters. The summed E-state index contributed by atoms with van der Waals surface area (Å²) < 4.78 is 0. The van der Waals surface area contributed by atoms with E-state index in [1.165, 1.54) is 10.0 Å². The third kappa shape index (κ3) is 6.12. The second-order valence-corrected chi connectivity index (χ2v) is 11.0. The van der Waals surface area contributed by atoms with Gasteiger partial charge in [-0.15, -0.1) is 0 Å². The molecular weight excluding hydrogens is 556 g/mol. The van der Waals surface area contributed by atoms with Crippen molar-refractivity contribution in [2.75, 3.05) is 20.7 Å². The van der Waals surface area contributed by atoms with E-state index in [0.29, 0.717) is 22.6 Å². The van der Waals surface area contributed by atoms with E-state index in [4.69, 9.17) is 0 Å². The molecule has 0 radical (unpaired) electrons. The van der Waals surface area contributed by atoms with Gasteiger partial charge < -0.3 is 10.6 Å². The van der Waals surface area contributed by atoms with Gasteiger partial charge in [0.15, 0.2) is 0 Å². The van der Waals surface area contributed by atoms with Crippen LogP contribution in [-0.4, -0.2) is 23.2 Å². The van der Waals surface area contributed by atoms with Gasteiger partial charge in [-0.2, -0.15) is 20.2 Å². The highest BCUT2D eigenvalue weighted by Gasteiger charge is 2.29. The Morgan fingerprint density at radius 3 is 1.30 bits per heavy atom. The Morgan fingerprint density at radius 2 is 0.930 bits per heavy atom. The summed E-state index contributed by atoms with van der Waals surface area (Å²) in [4.78, 5) is 27.9. The van der Waals surface area contributed by atoms with Crippen molar-refractivity contribution in [3.8, 4) is 0 Å². The number of nitrogens with one attached hydrogen (secondary N) is 2. The van der Waals surface area contributed by atoms with Gasteiger partial charge in [-0.05, 0) is 86.6 Å². The van der Waals surface area contributed by atoms with Crippen molar-refractivity contribution in [3.63, 3.8) is 0 Å². The van der Waals surface area contributed by atoms with E-state index in [2.05, 4.69) is 20.8 Å². The van der Waals surface area contributed by atoms with Crippen LogP contribution in [0.5, 0.6) is 0 Å². The van der Waals surface area contributed by atoms with Gasteiger partial charge in [0.25, 0.3) is 11.8 Å². The Labute approximate surface area is 254 Å². The predicted molar refractivity (Wildman–Crippen MR) is 174 cm³/mol. The molecule has 2 heterocycles. The zero-order valence-corrected chi connectivity index (χ0v) is 24.4. The number of hydrazone groups is 2. The van der Waals surface area contributed by atoms with Gasteiger partial charge in [0.1, 0.15) is 0 Å². The zero-order chi connectivity index (χ0) is 29.8. The summed E-state index contributed by atoms with van der Waals surface area (Å²) >= 11 is 1.64. The predicted octanol–water partition coefficient (Wildman–Crippen LogP) is 7.27. The van der Waals surface area contributed by atoms with Crippen LogP contribution in [0, 0.1) is 0 Å². The smallest absolute Gasteiger partial charge is 0.282 e. The lowest BCUT2D eigenvalue weighted by Gasteiger charge is -2.11. The molecule has 0 bridgehead atoms. The van der Waals surface area contributed by atoms with Gasteiger partial charge in [-0.25, -0.2) is 0 Å². The molecule has 2 aliphatic rings. The van der Waals surface area contributed by atoms with E-state index < -0.39 is 0 Å². The molecule has 43 heavy (non-hydrogen) atoms. The van der Waals surface area contributed by atoms with E-state index in [-0.39, 0.29) is 11.8 Å².